The molecule has 4 aliphatic rings. The van der Waals surface area contributed by atoms with Crippen molar-refractivity contribution in [3.8, 4) is 0 Å². The summed E-state index contributed by atoms with van der Waals surface area (Å²) in [5.41, 5.74) is -0.960. The van der Waals surface area contributed by atoms with Crippen LogP contribution in [-0.4, -0.2) is 88.5 Å². The van der Waals surface area contributed by atoms with Crippen molar-refractivity contribution in [3.05, 3.63) is 0 Å². The van der Waals surface area contributed by atoms with Crippen LogP contribution in [0.1, 0.15) is 99.8 Å². The molecule has 6 atom stereocenters. The van der Waals surface area contributed by atoms with Crippen molar-refractivity contribution in [2.45, 2.75) is 147 Å². The highest BCUT2D eigenvalue weighted by atomic mass is 32.2. The highest BCUT2D eigenvalue weighted by molar-refractivity contribution is 8.14. The van der Waals surface area contributed by atoms with Gasteiger partial charge in [0.05, 0.1) is 12.4 Å². The highest BCUT2D eigenvalue weighted by Gasteiger charge is 2.46. The quantitative estimate of drug-likeness (QED) is 0.414. The minimum atomic E-state index is -3.44. The maximum atomic E-state index is 12.2. The first kappa shape index (κ1) is 32.0. The molecule has 0 aromatic heterocycles. The fraction of sp³-hybridized carbons (Fsp3) is 0.889. The minimum Gasteiger partial charge on any atom is -0.444 e. The summed E-state index contributed by atoms with van der Waals surface area (Å²) in [5, 5.41) is 0.545. The van der Waals surface area contributed by atoms with Crippen molar-refractivity contribution in [2.24, 2.45) is 0 Å². The number of carbonyl (C=O) groups excluding carboxylic acids is 3. The predicted octanol–water partition coefficient (Wildman–Crippen LogP) is 5.09. The lowest BCUT2D eigenvalue weighted by atomic mass is 10.0. The summed E-state index contributed by atoms with van der Waals surface area (Å²) in [6.07, 6.45) is 7.05. The van der Waals surface area contributed by atoms with Gasteiger partial charge in [-0.25, -0.2) is 9.59 Å². The molecule has 4 aliphatic heterocycles. The number of hydrogen-bond donors (Lipinski definition) is 0. The molecule has 39 heavy (non-hydrogen) atoms. The van der Waals surface area contributed by atoms with Gasteiger partial charge in [-0.2, -0.15) is 8.42 Å². The van der Waals surface area contributed by atoms with Crippen molar-refractivity contribution in [3.63, 3.8) is 0 Å². The molecule has 224 valence electrons. The molecule has 0 radical (unpaired) electrons. The molecular formula is C27H46N2O8S2. The molecule has 0 aromatic carbocycles. The largest absolute Gasteiger partial charge is 0.444 e. The molecule has 4 rings (SSSR count). The summed E-state index contributed by atoms with van der Waals surface area (Å²) in [5.74, 6) is 0. The van der Waals surface area contributed by atoms with Crippen LogP contribution in [-0.2, 0) is 28.6 Å². The summed E-state index contributed by atoms with van der Waals surface area (Å²) in [6.45, 7) is 12.8. The molecular weight excluding hydrogens is 544 g/mol. The second kappa shape index (κ2) is 12.1. The summed E-state index contributed by atoms with van der Waals surface area (Å²) in [4.78, 5) is 39.3. The summed E-state index contributed by atoms with van der Waals surface area (Å²) < 4.78 is 38.4. The Hall–Kier alpha value is -1.53. The molecule has 0 saturated carbocycles. The Morgan fingerprint density at radius 2 is 1.08 bits per heavy atom. The summed E-state index contributed by atoms with van der Waals surface area (Å²) >= 11 is 1.43. The Labute approximate surface area is 238 Å². The van der Waals surface area contributed by atoms with Gasteiger partial charge in [-0.05, 0) is 92.9 Å². The molecule has 4 fully saturated rings. The molecule has 4 heterocycles. The van der Waals surface area contributed by atoms with Gasteiger partial charge in [0.2, 0.25) is 0 Å². The van der Waals surface area contributed by atoms with Gasteiger partial charge in [0, 0.05) is 36.3 Å². The number of ether oxygens (including phenoxy) is 2. The maximum Gasteiger partial charge on any atom is 0.410 e. The molecule has 4 saturated heterocycles. The molecule has 4 bridgehead atoms. The van der Waals surface area contributed by atoms with Gasteiger partial charge in [0.1, 0.15) is 11.2 Å². The van der Waals surface area contributed by atoms with E-state index in [9.17, 15) is 22.8 Å². The Balaban J connectivity index is 0.000000216. The Morgan fingerprint density at radius 1 is 0.718 bits per heavy atom. The number of hydrogen-bond acceptors (Lipinski definition) is 9. The van der Waals surface area contributed by atoms with Crippen LogP contribution in [0.2, 0.25) is 0 Å². The fourth-order valence-electron chi connectivity index (χ4n) is 6.14. The summed E-state index contributed by atoms with van der Waals surface area (Å²) in [6, 6.07) is 0.557. The Morgan fingerprint density at radius 3 is 1.38 bits per heavy atom. The van der Waals surface area contributed by atoms with E-state index >= 15 is 0 Å². The number of amides is 2. The van der Waals surface area contributed by atoms with E-state index in [1.54, 1.807) is 11.8 Å². The lowest BCUT2D eigenvalue weighted by molar-refractivity contribution is -0.109. The molecule has 0 aromatic rings. The van der Waals surface area contributed by atoms with E-state index in [0.29, 0.717) is 18.1 Å². The van der Waals surface area contributed by atoms with Crippen molar-refractivity contribution < 1.29 is 36.5 Å². The van der Waals surface area contributed by atoms with Gasteiger partial charge in [0.25, 0.3) is 10.1 Å². The second-order valence-corrected chi connectivity index (χ2v) is 16.2. The van der Waals surface area contributed by atoms with Crippen LogP contribution in [0.4, 0.5) is 9.59 Å². The van der Waals surface area contributed by atoms with Gasteiger partial charge in [-0.3, -0.25) is 8.98 Å². The number of carbonyl (C=O) groups is 3. The Bertz CT molecular complexity index is 992. The zero-order chi connectivity index (χ0) is 29.3. The lowest BCUT2D eigenvalue weighted by Gasteiger charge is -2.39. The van der Waals surface area contributed by atoms with Crippen molar-refractivity contribution in [1.29, 1.82) is 0 Å². The first-order chi connectivity index (χ1) is 17.8. The number of fused-ring (bicyclic) bond motifs is 4. The van der Waals surface area contributed by atoms with Crippen LogP contribution in [0, 0.1) is 0 Å². The number of piperidine rings is 2. The van der Waals surface area contributed by atoms with Crippen molar-refractivity contribution in [2.75, 3.05) is 6.26 Å². The van der Waals surface area contributed by atoms with E-state index in [1.165, 1.54) is 11.8 Å². The van der Waals surface area contributed by atoms with E-state index in [4.69, 9.17) is 13.7 Å². The Kier molecular flexibility index (Phi) is 9.96. The number of rotatable bonds is 3. The minimum absolute atomic E-state index is 0.0235. The lowest BCUT2D eigenvalue weighted by Crippen LogP contribution is -2.50. The zero-order valence-corrected chi connectivity index (χ0v) is 26.2. The van der Waals surface area contributed by atoms with Gasteiger partial charge < -0.3 is 19.3 Å². The van der Waals surface area contributed by atoms with E-state index < -0.39 is 21.3 Å². The smallest absolute Gasteiger partial charge is 0.410 e. The van der Waals surface area contributed by atoms with E-state index in [0.717, 1.165) is 44.8 Å². The topological polar surface area (TPSA) is 120 Å². The third kappa shape index (κ3) is 9.52. The highest BCUT2D eigenvalue weighted by Crippen LogP contribution is 2.41. The van der Waals surface area contributed by atoms with Crippen LogP contribution in [0.25, 0.3) is 0 Å². The van der Waals surface area contributed by atoms with Gasteiger partial charge in [-0.15, -0.1) is 0 Å². The van der Waals surface area contributed by atoms with Crippen LogP contribution < -0.4 is 0 Å². The average Bonchev–Trinajstić information content (AvgIpc) is 3.15. The third-order valence-electron chi connectivity index (χ3n) is 7.23. The van der Waals surface area contributed by atoms with Gasteiger partial charge in [-0.1, -0.05) is 11.8 Å². The van der Waals surface area contributed by atoms with Crippen LogP contribution >= 0.6 is 11.8 Å². The van der Waals surface area contributed by atoms with Crippen LogP contribution in [0.5, 0.6) is 0 Å². The van der Waals surface area contributed by atoms with E-state index in [-0.39, 0.29) is 47.6 Å². The first-order valence-electron chi connectivity index (χ1n) is 13.9. The van der Waals surface area contributed by atoms with E-state index in [2.05, 4.69) is 0 Å². The molecule has 0 spiro atoms. The molecule has 10 nitrogen and oxygen atoms in total. The number of nitrogens with zero attached hydrogens (tertiary/aromatic N) is 2. The van der Waals surface area contributed by atoms with Crippen molar-refractivity contribution in [1.82, 2.24) is 9.80 Å². The molecule has 2 unspecified atom stereocenters. The number of thioether (sulfide) groups is 1. The van der Waals surface area contributed by atoms with Gasteiger partial charge in [0.15, 0.2) is 5.12 Å². The average molecular weight is 591 g/mol. The predicted molar refractivity (Wildman–Crippen MR) is 150 cm³/mol. The van der Waals surface area contributed by atoms with Gasteiger partial charge >= 0.3 is 12.2 Å². The van der Waals surface area contributed by atoms with Crippen LogP contribution in [0.15, 0.2) is 0 Å². The van der Waals surface area contributed by atoms with E-state index in [1.807, 2.05) is 46.4 Å². The first-order valence-corrected chi connectivity index (χ1v) is 16.6. The summed E-state index contributed by atoms with van der Waals surface area (Å²) in [7, 11) is -3.44. The maximum absolute atomic E-state index is 12.2. The molecule has 2 amide bonds. The normalized spacial score (nSPS) is 30.4. The molecule has 0 aliphatic carbocycles. The fourth-order valence-corrected chi connectivity index (χ4v) is 7.89. The zero-order valence-electron chi connectivity index (χ0n) is 24.6. The van der Waals surface area contributed by atoms with Crippen molar-refractivity contribution >= 4 is 39.2 Å². The molecule has 12 heteroatoms. The monoisotopic (exact) mass is 590 g/mol. The molecule has 0 N–H and O–H groups in total. The second-order valence-electron chi connectivity index (χ2n) is 13.1. The third-order valence-corrected chi connectivity index (χ3v) is 8.90. The SMILES string of the molecule is CC(=O)SC1C[C@H]2CC[C@@H](C1)N2C(=O)OC(C)(C)C.CC(C)(C)OC(=O)N1[C@@H]2CC[C@H]1CC(OS(C)(=O)=O)C2. The van der Waals surface area contributed by atoms with Crippen LogP contribution in [0.3, 0.4) is 0 Å². The standard InChI is InChI=1S/C14H23NO3S.C13H23NO5S/c1-9(16)19-12-7-10-5-6-11(8-12)15(10)13(17)18-14(2,3)4;1-13(2,3)18-12(15)14-9-5-6-10(14)8-11(7-9)19-20(4,16)17/h10-12H,5-8H2,1-4H3;9-11H,5-8H2,1-4H3/t10-,11+,12?;9-,10+,11?.